The number of amides is 1. The Hall–Kier alpha value is -3.08. The van der Waals surface area contributed by atoms with Gasteiger partial charge in [-0.1, -0.05) is 44.2 Å². The van der Waals surface area contributed by atoms with Crippen LogP contribution in [0.15, 0.2) is 41.6 Å². The Morgan fingerprint density at radius 2 is 1.79 bits per heavy atom. The molecule has 1 aromatic carbocycles. The molecule has 2 aromatic heterocycles. The number of para-hydroxylation sites is 2. The van der Waals surface area contributed by atoms with Crippen LogP contribution in [0.5, 0.6) is 0 Å². The van der Waals surface area contributed by atoms with Crippen LogP contribution >= 0.6 is 0 Å². The average molecular weight is 575 g/mol. The normalized spacial score (nSPS) is 29.2. The van der Waals surface area contributed by atoms with Gasteiger partial charge in [0.15, 0.2) is 12.0 Å². The van der Waals surface area contributed by atoms with Gasteiger partial charge < -0.3 is 24.3 Å². The molecule has 2 bridgehead atoms. The van der Waals surface area contributed by atoms with E-state index < -0.39 is 18.2 Å². The van der Waals surface area contributed by atoms with Gasteiger partial charge in [0.1, 0.15) is 6.10 Å². The summed E-state index contributed by atoms with van der Waals surface area (Å²) in [7, 11) is 1.58. The third-order valence-electron chi connectivity index (χ3n) is 10.1. The second-order valence-corrected chi connectivity index (χ2v) is 12.6. The maximum absolute atomic E-state index is 14.2. The van der Waals surface area contributed by atoms with Crippen molar-refractivity contribution in [2.75, 3.05) is 7.11 Å². The fraction of sp³-hybridized carbons (Fsp3) is 0.625. The molecular formula is C32H42N6O4. The lowest BCUT2D eigenvalue weighted by Crippen LogP contribution is -2.50. The number of ether oxygens (including phenoxy) is 2. The van der Waals surface area contributed by atoms with Gasteiger partial charge in [-0.05, 0) is 50.7 Å². The number of hydrogen-bond acceptors (Lipinski definition) is 7. The highest BCUT2D eigenvalue weighted by atomic mass is 16.8. The maximum atomic E-state index is 14.2. The van der Waals surface area contributed by atoms with E-state index in [0.29, 0.717) is 30.1 Å². The minimum atomic E-state index is -0.482. The summed E-state index contributed by atoms with van der Waals surface area (Å²) in [6.07, 6.45) is 16.7. The number of nitrogens with one attached hydrogen (secondary N) is 2. The standard InChI is InChI=1S/C32H42N6O4/c1-41-32-29(42-32)26(15-20-18-33-19-34-20)36-30(39)28-31(40)38(27-12-8-7-11-25(27)35-28)24-16-22-13-14-23(17-24)37(22)21-9-5-3-2-4-6-10-21/h7-8,11-12,18-19,21-24,26,29,32H,2-6,9-10,13-17H2,1H3,(H,33,34)(H,36,39)/t22-,23+,24?,26?,29?,32?. The van der Waals surface area contributed by atoms with Crippen LogP contribution < -0.4 is 10.9 Å². The number of piperidine rings is 1. The second kappa shape index (κ2) is 11.9. The Morgan fingerprint density at radius 1 is 1.05 bits per heavy atom. The first-order valence-corrected chi connectivity index (χ1v) is 15.9. The van der Waals surface area contributed by atoms with Crippen molar-refractivity contribution in [2.24, 2.45) is 0 Å². The molecule has 2 N–H and O–H groups in total. The first-order valence-electron chi connectivity index (χ1n) is 15.9. The van der Waals surface area contributed by atoms with Crippen molar-refractivity contribution < 1.29 is 14.3 Å². The van der Waals surface area contributed by atoms with Gasteiger partial charge in [-0.15, -0.1) is 0 Å². The zero-order valence-electron chi connectivity index (χ0n) is 24.4. The van der Waals surface area contributed by atoms with Gasteiger partial charge in [-0.3, -0.25) is 14.5 Å². The van der Waals surface area contributed by atoms with Crippen molar-refractivity contribution in [3.8, 4) is 0 Å². The Morgan fingerprint density at radius 3 is 2.48 bits per heavy atom. The van der Waals surface area contributed by atoms with Crippen molar-refractivity contribution in [3.05, 3.63) is 58.5 Å². The molecule has 4 unspecified atom stereocenters. The van der Waals surface area contributed by atoms with Gasteiger partial charge >= 0.3 is 0 Å². The highest BCUT2D eigenvalue weighted by Crippen LogP contribution is 2.44. The zero-order chi connectivity index (χ0) is 28.6. The highest BCUT2D eigenvalue weighted by Gasteiger charge is 2.47. The predicted molar refractivity (Wildman–Crippen MR) is 158 cm³/mol. The van der Waals surface area contributed by atoms with Crippen LogP contribution in [0.4, 0.5) is 0 Å². The number of methoxy groups -OCH3 is 1. The van der Waals surface area contributed by atoms with Crippen LogP contribution in [0.2, 0.25) is 0 Å². The van der Waals surface area contributed by atoms with Gasteiger partial charge in [-0.25, -0.2) is 9.97 Å². The Bertz CT molecular complexity index is 1430. The summed E-state index contributed by atoms with van der Waals surface area (Å²) in [5.41, 5.74) is 1.96. The average Bonchev–Trinajstić information content (AvgIpc) is 3.51. The Labute approximate surface area is 246 Å². The monoisotopic (exact) mass is 574 g/mol. The molecule has 1 amide bonds. The Balaban J connectivity index is 1.17. The number of H-pyrrole nitrogens is 1. The SMILES string of the molecule is COC1OC1C(Cc1cnc[nH]1)NC(=O)c1nc2ccccc2n(C2C[C@H]3CC[C@@H](C2)N3C2CCCCCCC2)c1=O. The lowest BCUT2D eigenvalue weighted by Gasteiger charge is -2.45. The van der Waals surface area contributed by atoms with Crippen molar-refractivity contribution in [2.45, 2.75) is 120 Å². The van der Waals surface area contributed by atoms with Gasteiger partial charge in [0.25, 0.3) is 11.5 Å². The smallest absolute Gasteiger partial charge is 0.282 e. The molecular weight excluding hydrogens is 532 g/mol. The van der Waals surface area contributed by atoms with Crippen LogP contribution in [0, 0.1) is 0 Å². The van der Waals surface area contributed by atoms with Gasteiger partial charge in [0, 0.05) is 49.6 Å². The summed E-state index contributed by atoms with van der Waals surface area (Å²) in [4.78, 5) is 42.6. The van der Waals surface area contributed by atoms with Crippen molar-refractivity contribution in [1.29, 1.82) is 0 Å². The van der Waals surface area contributed by atoms with E-state index in [0.717, 1.165) is 24.1 Å². The van der Waals surface area contributed by atoms with Crippen LogP contribution in [-0.4, -0.2) is 74.0 Å². The van der Waals surface area contributed by atoms with E-state index in [1.165, 1.54) is 57.8 Å². The topological polar surface area (TPSA) is 118 Å². The fourth-order valence-corrected chi connectivity index (χ4v) is 8.09. The number of aromatic amines is 1. The first-order chi connectivity index (χ1) is 20.6. The van der Waals surface area contributed by atoms with E-state index in [-0.39, 0.29) is 23.4 Å². The van der Waals surface area contributed by atoms with Crippen molar-refractivity contribution >= 4 is 16.9 Å². The second-order valence-electron chi connectivity index (χ2n) is 12.6. The number of carbonyl (C=O) groups is 1. The molecule has 0 spiro atoms. The molecule has 3 aliphatic heterocycles. The molecule has 4 fully saturated rings. The third kappa shape index (κ3) is 5.40. The molecule has 10 heteroatoms. The number of epoxide rings is 1. The quantitative estimate of drug-likeness (QED) is 0.389. The van der Waals surface area contributed by atoms with Gasteiger partial charge in [-0.2, -0.15) is 0 Å². The predicted octanol–water partition coefficient (Wildman–Crippen LogP) is 4.11. The van der Waals surface area contributed by atoms with Crippen LogP contribution in [0.1, 0.15) is 92.9 Å². The molecule has 1 aliphatic carbocycles. The largest absolute Gasteiger partial charge is 0.353 e. The van der Waals surface area contributed by atoms with Crippen LogP contribution in [0.25, 0.3) is 11.0 Å². The molecule has 10 nitrogen and oxygen atoms in total. The number of rotatable bonds is 8. The molecule has 224 valence electrons. The summed E-state index contributed by atoms with van der Waals surface area (Å²) in [5, 5.41) is 3.05. The molecule has 5 heterocycles. The number of fused-ring (bicyclic) bond motifs is 3. The number of imidazole rings is 1. The number of benzene rings is 1. The Kier molecular flexibility index (Phi) is 7.85. The summed E-state index contributed by atoms with van der Waals surface area (Å²) in [6.45, 7) is 0. The molecule has 42 heavy (non-hydrogen) atoms. The van der Waals surface area contributed by atoms with E-state index in [4.69, 9.17) is 9.47 Å². The molecule has 3 aromatic rings. The first kappa shape index (κ1) is 27.7. The maximum Gasteiger partial charge on any atom is 0.282 e. The van der Waals surface area contributed by atoms with E-state index in [1.54, 1.807) is 19.6 Å². The molecule has 4 aliphatic rings. The fourth-order valence-electron chi connectivity index (χ4n) is 8.09. The molecule has 7 rings (SSSR count). The molecule has 6 atom stereocenters. The van der Waals surface area contributed by atoms with Gasteiger partial charge in [0.2, 0.25) is 0 Å². The summed E-state index contributed by atoms with van der Waals surface area (Å²) < 4.78 is 12.9. The minimum absolute atomic E-state index is 0.0460. The summed E-state index contributed by atoms with van der Waals surface area (Å²) in [6, 6.07) is 9.03. The number of hydrogen-bond donors (Lipinski definition) is 2. The summed E-state index contributed by atoms with van der Waals surface area (Å²) >= 11 is 0. The van der Waals surface area contributed by atoms with Crippen molar-refractivity contribution in [1.82, 2.24) is 29.7 Å². The third-order valence-corrected chi connectivity index (χ3v) is 10.1. The van der Waals surface area contributed by atoms with Gasteiger partial charge in [0.05, 0.1) is 23.4 Å². The van der Waals surface area contributed by atoms with Crippen molar-refractivity contribution in [3.63, 3.8) is 0 Å². The zero-order valence-corrected chi connectivity index (χ0v) is 24.4. The van der Waals surface area contributed by atoms with Crippen LogP contribution in [-0.2, 0) is 15.9 Å². The van der Waals surface area contributed by atoms with E-state index >= 15 is 0 Å². The number of aromatic nitrogens is 4. The minimum Gasteiger partial charge on any atom is -0.353 e. The highest BCUT2D eigenvalue weighted by molar-refractivity contribution is 5.94. The lowest BCUT2D eigenvalue weighted by molar-refractivity contribution is 0.0497. The van der Waals surface area contributed by atoms with E-state index in [1.807, 2.05) is 28.8 Å². The molecule has 1 saturated carbocycles. The van der Waals surface area contributed by atoms with Crippen LogP contribution in [0.3, 0.4) is 0 Å². The summed E-state index contributed by atoms with van der Waals surface area (Å²) in [5.74, 6) is -0.482. The molecule has 0 radical (unpaired) electrons. The number of carbonyl (C=O) groups excluding carboxylic acids is 1. The van der Waals surface area contributed by atoms with E-state index in [9.17, 15) is 9.59 Å². The van der Waals surface area contributed by atoms with E-state index in [2.05, 4.69) is 25.2 Å². The molecule has 3 saturated heterocycles. The number of nitrogens with zero attached hydrogens (tertiary/aromatic N) is 4. The lowest BCUT2D eigenvalue weighted by atomic mass is 9.89.